The second-order valence-electron chi connectivity index (χ2n) is 7.12. The fraction of sp³-hybridized carbons (Fsp3) is 0.417. The van der Waals surface area contributed by atoms with Gasteiger partial charge in [0.1, 0.15) is 6.04 Å². The van der Waals surface area contributed by atoms with Crippen LogP contribution in [-0.2, 0) is 21.8 Å². The van der Waals surface area contributed by atoms with Gasteiger partial charge in [0.25, 0.3) is 0 Å². The van der Waals surface area contributed by atoms with E-state index in [2.05, 4.69) is 48.6 Å². The van der Waals surface area contributed by atoms with Gasteiger partial charge >= 0.3 is 0 Å². The summed E-state index contributed by atoms with van der Waals surface area (Å²) < 4.78 is 0. The second-order valence-corrected chi connectivity index (χ2v) is 8.11. The maximum atomic E-state index is 13.0. The van der Waals surface area contributed by atoms with Crippen LogP contribution < -0.4 is 5.32 Å². The molecule has 29 heavy (non-hydrogen) atoms. The van der Waals surface area contributed by atoms with E-state index in [9.17, 15) is 9.59 Å². The molecule has 0 heterocycles. The van der Waals surface area contributed by atoms with Crippen molar-refractivity contribution in [2.45, 2.75) is 45.4 Å². The highest BCUT2D eigenvalue weighted by Gasteiger charge is 2.27. The van der Waals surface area contributed by atoms with E-state index in [1.807, 2.05) is 32.0 Å². The van der Waals surface area contributed by atoms with E-state index in [-0.39, 0.29) is 11.8 Å². The van der Waals surface area contributed by atoms with E-state index in [0.29, 0.717) is 25.3 Å². The first-order valence-corrected chi connectivity index (χ1v) is 11.4. The van der Waals surface area contributed by atoms with E-state index in [4.69, 9.17) is 0 Å². The number of carbonyl (C=O) groups is 2. The van der Waals surface area contributed by atoms with E-state index < -0.39 is 6.04 Å². The maximum Gasteiger partial charge on any atom is 0.242 e. The molecule has 1 atom stereocenters. The standard InChI is InChI=1S/C24H32N2O2S/c1-4-22(24(28)25-5-2)26(16-15-20-9-7-6-8-10-20)23(27)18-29-17-21-13-11-19(3)12-14-21/h6-14,22H,4-5,15-18H2,1-3H3,(H,25,28)/t22-/m1/s1. The summed E-state index contributed by atoms with van der Waals surface area (Å²) in [7, 11) is 0. The van der Waals surface area contributed by atoms with Gasteiger partial charge in [0.05, 0.1) is 5.75 Å². The number of nitrogens with zero attached hydrogens (tertiary/aromatic N) is 1. The first-order chi connectivity index (χ1) is 14.0. The van der Waals surface area contributed by atoms with E-state index in [0.717, 1.165) is 12.2 Å². The van der Waals surface area contributed by atoms with Crippen molar-refractivity contribution in [2.75, 3.05) is 18.8 Å². The topological polar surface area (TPSA) is 49.4 Å². The molecule has 5 heteroatoms. The van der Waals surface area contributed by atoms with Crippen molar-refractivity contribution in [1.29, 1.82) is 0 Å². The van der Waals surface area contributed by atoms with Crippen LogP contribution in [0.25, 0.3) is 0 Å². The van der Waals surface area contributed by atoms with Gasteiger partial charge in [-0.3, -0.25) is 9.59 Å². The molecule has 2 aromatic rings. The molecule has 0 aliphatic rings. The summed E-state index contributed by atoms with van der Waals surface area (Å²) in [5.74, 6) is 1.12. The van der Waals surface area contributed by atoms with Gasteiger partial charge in [-0.1, -0.05) is 67.1 Å². The van der Waals surface area contributed by atoms with Gasteiger partial charge in [0, 0.05) is 18.8 Å². The number of thioether (sulfide) groups is 1. The number of hydrogen-bond acceptors (Lipinski definition) is 3. The molecule has 4 nitrogen and oxygen atoms in total. The number of amides is 2. The first kappa shape index (κ1) is 23.0. The van der Waals surface area contributed by atoms with Crippen LogP contribution in [0.1, 0.15) is 37.0 Å². The molecule has 0 aliphatic heterocycles. The van der Waals surface area contributed by atoms with Gasteiger partial charge in [-0.15, -0.1) is 11.8 Å². The van der Waals surface area contributed by atoms with Gasteiger partial charge in [-0.2, -0.15) is 0 Å². The lowest BCUT2D eigenvalue weighted by molar-refractivity contribution is -0.138. The lowest BCUT2D eigenvalue weighted by Crippen LogP contribution is -2.50. The molecule has 156 valence electrons. The summed E-state index contributed by atoms with van der Waals surface area (Å²) in [6, 6.07) is 18.1. The van der Waals surface area contributed by atoms with Crippen molar-refractivity contribution in [3.8, 4) is 0 Å². The zero-order valence-corrected chi connectivity index (χ0v) is 18.5. The number of hydrogen-bond donors (Lipinski definition) is 1. The predicted molar refractivity (Wildman–Crippen MR) is 122 cm³/mol. The average molecular weight is 413 g/mol. The minimum absolute atomic E-state index is 0.0242. The number of likely N-dealkylation sites (N-methyl/N-ethyl adjacent to an activating group) is 1. The van der Waals surface area contributed by atoms with Crippen molar-refractivity contribution in [2.24, 2.45) is 0 Å². The third-order valence-electron chi connectivity index (χ3n) is 4.84. The normalized spacial score (nSPS) is 11.7. The Bertz CT molecular complexity index is 762. The summed E-state index contributed by atoms with van der Waals surface area (Å²) in [4.78, 5) is 27.4. The quantitative estimate of drug-likeness (QED) is 0.601. The number of nitrogens with one attached hydrogen (secondary N) is 1. The molecule has 2 amide bonds. The fourth-order valence-electron chi connectivity index (χ4n) is 3.21. The molecule has 0 fully saturated rings. The molecular weight excluding hydrogens is 380 g/mol. The summed E-state index contributed by atoms with van der Waals surface area (Å²) in [5.41, 5.74) is 3.61. The van der Waals surface area contributed by atoms with E-state index in [1.165, 1.54) is 16.7 Å². The molecule has 0 saturated heterocycles. The van der Waals surface area contributed by atoms with Crippen LogP contribution in [0.2, 0.25) is 0 Å². The smallest absolute Gasteiger partial charge is 0.242 e. The summed E-state index contributed by atoms with van der Waals surface area (Å²) in [6.45, 7) is 7.04. The Hall–Kier alpha value is -2.27. The zero-order valence-electron chi connectivity index (χ0n) is 17.7. The molecule has 0 spiro atoms. The largest absolute Gasteiger partial charge is 0.355 e. The minimum Gasteiger partial charge on any atom is -0.355 e. The number of carbonyl (C=O) groups excluding carboxylic acids is 2. The van der Waals surface area contributed by atoms with Crippen LogP contribution in [0.5, 0.6) is 0 Å². The molecular formula is C24H32N2O2S. The van der Waals surface area contributed by atoms with Crippen LogP contribution >= 0.6 is 11.8 Å². The molecule has 0 saturated carbocycles. The monoisotopic (exact) mass is 412 g/mol. The van der Waals surface area contributed by atoms with Crippen LogP contribution in [0.4, 0.5) is 0 Å². The summed E-state index contributed by atoms with van der Waals surface area (Å²) in [6.07, 6.45) is 1.35. The Kier molecular flexibility index (Phi) is 9.78. The summed E-state index contributed by atoms with van der Waals surface area (Å²) >= 11 is 1.60. The molecule has 0 aliphatic carbocycles. The Balaban J connectivity index is 2.02. The molecule has 1 N–H and O–H groups in total. The summed E-state index contributed by atoms with van der Waals surface area (Å²) in [5, 5.41) is 2.88. The van der Waals surface area contributed by atoms with Gasteiger partial charge in [-0.05, 0) is 37.8 Å². The molecule has 2 aromatic carbocycles. The van der Waals surface area contributed by atoms with Gasteiger partial charge in [0.15, 0.2) is 0 Å². The highest BCUT2D eigenvalue weighted by atomic mass is 32.2. The number of rotatable bonds is 11. The SMILES string of the molecule is CCNC(=O)[C@@H](CC)N(CCc1ccccc1)C(=O)CSCc1ccc(C)cc1. The predicted octanol–water partition coefficient (Wildman–Crippen LogP) is 4.21. The lowest BCUT2D eigenvalue weighted by atomic mass is 10.1. The highest BCUT2D eigenvalue weighted by Crippen LogP contribution is 2.16. The Labute approximate surface area is 179 Å². The fourth-order valence-corrected chi connectivity index (χ4v) is 4.08. The molecule has 0 bridgehead atoms. The third-order valence-corrected chi connectivity index (χ3v) is 5.82. The van der Waals surface area contributed by atoms with Gasteiger partial charge < -0.3 is 10.2 Å². The average Bonchev–Trinajstić information content (AvgIpc) is 2.73. The van der Waals surface area contributed by atoms with Crippen LogP contribution in [0.15, 0.2) is 54.6 Å². The van der Waals surface area contributed by atoms with Crippen molar-refractivity contribution in [1.82, 2.24) is 10.2 Å². The molecule has 2 rings (SSSR count). The Morgan fingerprint density at radius 2 is 1.69 bits per heavy atom. The third kappa shape index (κ3) is 7.58. The van der Waals surface area contributed by atoms with Crippen LogP contribution in [-0.4, -0.2) is 41.6 Å². The Morgan fingerprint density at radius 3 is 2.31 bits per heavy atom. The number of aryl methyl sites for hydroxylation is 1. The van der Waals surface area contributed by atoms with Crippen molar-refractivity contribution >= 4 is 23.6 Å². The Morgan fingerprint density at radius 1 is 1.00 bits per heavy atom. The van der Waals surface area contributed by atoms with E-state index in [1.54, 1.807) is 16.7 Å². The van der Waals surface area contributed by atoms with Gasteiger partial charge in [-0.25, -0.2) is 0 Å². The lowest BCUT2D eigenvalue weighted by Gasteiger charge is -2.30. The molecule has 0 unspecified atom stereocenters. The van der Waals surface area contributed by atoms with Crippen LogP contribution in [0, 0.1) is 6.92 Å². The maximum absolute atomic E-state index is 13.0. The van der Waals surface area contributed by atoms with E-state index >= 15 is 0 Å². The molecule has 0 aromatic heterocycles. The van der Waals surface area contributed by atoms with Gasteiger partial charge in [0.2, 0.25) is 11.8 Å². The van der Waals surface area contributed by atoms with Crippen LogP contribution in [0.3, 0.4) is 0 Å². The molecule has 0 radical (unpaired) electrons. The second kappa shape index (κ2) is 12.3. The van der Waals surface area contributed by atoms with Crippen molar-refractivity contribution < 1.29 is 9.59 Å². The van der Waals surface area contributed by atoms with Crippen molar-refractivity contribution in [3.05, 3.63) is 71.3 Å². The minimum atomic E-state index is -0.425. The van der Waals surface area contributed by atoms with Crippen molar-refractivity contribution in [3.63, 3.8) is 0 Å². The highest BCUT2D eigenvalue weighted by molar-refractivity contribution is 7.99. The first-order valence-electron chi connectivity index (χ1n) is 10.3. The number of benzene rings is 2. The zero-order chi connectivity index (χ0) is 21.1.